The summed E-state index contributed by atoms with van der Waals surface area (Å²) >= 11 is 0. The van der Waals surface area contributed by atoms with E-state index >= 15 is 0 Å². The first-order chi connectivity index (χ1) is 21.3. The van der Waals surface area contributed by atoms with Crippen LogP contribution in [0, 0.1) is 23.7 Å². The molecule has 2 aromatic carbocycles. The number of allylic oxidation sites excluding steroid dienone is 4. The van der Waals surface area contributed by atoms with Crippen LogP contribution in [-0.2, 0) is 38.9 Å². The number of carbonyl (C=O) groups excluding carboxylic acids is 4. The van der Waals surface area contributed by atoms with Gasteiger partial charge in [0, 0.05) is 26.9 Å². The van der Waals surface area contributed by atoms with Gasteiger partial charge in [0.1, 0.15) is 0 Å². The first-order valence-corrected chi connectivity index (χ1v) is 17.8. The lowest BCUT2D eigenvalue weighted by atomic mass is 9.78. The lowest BCUT2D eigenvalue weighted by Crippen LogP contribution is -2.48. The van der Waals surface area contributed by atoms with Crippen molar-refractivity contribution in [2.24, 2.45) is 23.7 Å². The topological polar surface area (TPSA) is 143 Å². The number of benzene rings is 2. The van der Waals surface area contributed by atoms with Crippen LogP contribution in [0.5, 0.6) is 0 Å². The maximum atomic E-state index is 14.9. The first-order valence-electron chi connectivity index (χ1n) is 14.9. The quantitative estimate of drug-likeness (QED) is 0.313. The molecular formula is C33H34N2O8S2. The van der Waals surface area contributed by atoms with Gasteiger partial charge in [-0.2, -0.15) is 0 Å². The van der Waals surface area contributed by atoms with Gasteiger partial charge in [0.2, 0.25) is 23.6 Å². The molecule has 236 valence electrons. The molecule has 0 spiro atoms. The maximum absolute atomic E-state index is 14.9. The van der Waals surface area contributed by atoms with Gasteiger partial charge in [-0.25, -0.2) is 16.8 Å². The number of hydrogen-bond donors (Lipinski definition) is 0. The largest absolute Gasteiger partial charge is 0.285 e. The van der Waals surface area contributed by atoms with Gasteiger partial charge in [0.25, 0.3) is 0 Å². The van der Waals surface area contributed by atoms with Gasteiger partial charge < -0.3 is 0 Å². The van der Waals surface area contributed by atoms with Crippen molar-refractivity contribution in [3.8, 4) is 0 Å². The average molecular weight is 651 g/mol. The van der Waals surface area contributed by atoms with E-state index in [2.05, 4.69) is 0 Å². The van der Waals surface area contributed by atoms with Gasteiger partial charge in [-0.15, -0.1) is 0 Å². The van der Waals surface area contributed by atoms with Crippen molar-refractivity contribution in [2.75, 3.05) is 14.1 Å². The summed E-state index contributed by atoms with van der Waals surface area (Å²) in [7, 11) is -6.51. The number of carbonyl (C=O) groups is 4. The van der Waals surface area contributed by atoms with Crippen molar-refractivity contribution >= 4 is 43.3 Å². The molecule has 10 nitrogen and oxygen atoms in total. The Labute approximate surface area is 262 Å². The Morgan fingerprint density at radius 1 is 0.578 bits per heavy atom. The van der Waals surface area contributed by atoms with Crippen molar-refractivity contribution < 1.29 is 36.0 Å². The van der Waals surface area contributed by atoms with E-state index in [0.717, 1.165) is 9.80 Å². The van der Waals surface area contributed by atoms with Crippen LogP contribution in [-0.4, -0.2) is 68.4 Å². The summed E-state index contributed by atoms with van der Waals surface area (Å²) in [6, 6.07) is 14.8. The second-order valence-electron chi connectivity index (χ2n) is 12.4. The highest BCUT2D eigenvalue weighted by molar-refractivity contribution is 8.10. The second-order valence-corrected chi connectivity index (χ2v) is 17.2. The molecular weight excluding hydrogens is 617 g/mol. The monoisotopic (exact) mass is 650 g/mol. The molecule has 2 fully saturated rings. The fourth-order valence-corrected chi connectivity index (χ4v) is 12.5. The third-order valence-corrected chi connectivity index (χ3v) is 15.6. The van der Waals surface area contributed by atoms with Gasteiger partial charge in [0.05, 0.1) is 33.5 Å². The van der Waals surface area contributed by atoms with E-state index in [-0.39, 0.29) is 59.1 Å². The highest BCUT2D eigenvalue weighted by Gasteiger charge is 2.58. The number of likely N-dealkylation sites (tertiary alicyclic amines) is 2. The molecule has 4 atom stereocenters. The number of fused-ring (bicyclic) bond motifs is 2. The molecule has 0 aromatic heterocycles. The fourth-order valence-electron chi connectivity index (χ4n) is 7.41. The summed E-state index contributed by atoms with van der Waals surface area (Å²) in [5, 5.41) is 0. The normalized spacial score (nSPS) is 25.6. The lowest BCUT2D eigenvalue weighted by molar-refractivity contribution is -0.139. The van der Waals surface area contributed by atoms with E-state index < -0.39 is 60.3 Å². The van der Waals surface area contributed by atoms with Crippen molar-refractivity contribution in [1.29, 1.82) is 0 Å². The lowest BCUT2D eigenvalue weighted by Gasteiger charge is -2.37. The molecule has 6 rings (SSSR count). The number of sulfone groups is 2. The molecule has 2 aliphatic carbocycles. The van der Waals surface area contributed by atoms with Crippen LogP contribution in [0.2, 0.25) is 0 Å². The number of hydrogen-bond acceptors (Lipinski definition) is 8. The molecule has 0 saturated carbocycles. The van der Waals surface area contributed by atoms with Gasteiger partial charge in [-0.1, -0.05) is 59.7 Å². The maximum Gasteiger partial charge on any atom is 0.233 e. The molecule has 12 heteroatoms. The fraction of sp³-hybridized carbons (Fsp3) is 0.394. The Morgan fingerprint density at radius 3 is 1.27 bits per heavy atom. The molecule has 0 bridgehead atoms. The van der Waals surface area contributed by atoms with Crippen molar-refractivity contribution in [1.82, 2.24) is 9.80 Å². The highest BCUT2D eigenvalue weighted by atomic mass is 32.3. The van der Waals surface area contributed by atoms with E-state index in [0.29, 0.717) is 11.1 Å². The smallest absolute Gasteiger partial charge is 0.233 e. The Balaban J connectivity index is 1.52. The van der Waals surface area contributed by atoms with Crippen molar-refractivity contribution in [2.45, 2.75) is 52.4 Å². The number of nitrogens with zero attached hydrogens (tertiary/aromatic N) is 2. The Kier molecular flexibility index (Phi) is 7.72. The van der Waals surface area contributed by atoms with E-state index in [1.807, 2.05) is 0 Å². The SMILES string of the molecule is CN1C(=O)[C@H]2CC=C(CC(CC3=CC[C@@H]4C(=O)N(C)C(=O)[C@@H]4C3)(S(=O)(=O)c3ccccc3)S(=O)(=O)c3ccccc3)C[C@H]2C1=O. The van der Waals surface area contributed by atoms with Crippen LogP contribution in [0.15, 0.2) is 93.8 Å². The molecule has 0 N–H and O–H groups in total. The molecule has 4 amide bonds. The summed E-state index contributed by atoms with van der Waals surface area (Å²) in [4.78, 5) is 53.1. The summed E-state index contributed by atoms with van der Waals surface area (Å²) < 4.78 is 57.2. The van der Waals surface area contributed by atoms with Gasteiger partial charge in [0.15, 0.2) is 23.8 Å². The summed E-state index contributed by atoms with van der Waals surface area (Å²) in [6.07, 6.45) is 3.03. The van der Waals surface area contributed by atoms with Crippen LogP contribution >= 0.6 is 0 Å². The molecule has 0 radical (unpaired) electrons. The third-order valence-electron chi connectivity index (χ3n) is 9.93. The van der Waals surface area contributed by atoms with Crippen LogP contribution in [0.3, 0.4) is 0 Å². The van der Waals surface area contributed by atoms with E-state index in [4.69, 9.17) is 0 Å². The second kappa shape index (κ2) is 11.2. The molecule has 4 aliphatic rings. The Bertz CT molecular complexity index is 1730. The predicted octanol–water partition coefficient (Wildman–Crippen LogP) is 3.31. The minimum Gasteiger partial charge on any atom is -0.285 e. The van der Waals surface area contributed by atoms with Gasteiger partial charge in [-0.05, 0) is 49.9 Å². The summed E-state index contributed by atoms with van der Waals surface area (Å²) in [6.45, 7) is 0. The van der Waals surface area contributed by atoms with Crippen LogP contribution in [0.1, 0.15) is 38.5 Å². The standard InChI is InChI=1S/C33H34N2O8S2/c1-34-29(36)25-15-13-21(17-27(25)31(34)38)19-33(44(40,41)23-9-5-3-6-10-23,45(42,43)24-11-7-4-8-12-24)20-22-14-16-26-28(18-22)32(39)35(2)30(26)37/h3-14,25-28H,15-20H2,1-2H3/t25-,26-,27+,28+/m0/s1. The van der Waals surface area contributed by atoms with Gasteiger partial charge >= 0.3 is 0 Å². The van der Waals surface area contributed by atoms with E-state index in [9.17, 15) is 36.0 Å². The number of imide groups is 2. The minimum absolute atomic E-state index is 0.0531. The van der Waals surface area contributed by atoms with Crippen LogP contribution in [0.25, 0.3) is 0 Å². The number of amides is 4. The minimum atomic E-state index is -4.68. The van der Waals surface area contributed by atoms with Gasteiger partial charge in [-0.3, -0.25) is 29.0 Å². The van der Waals surface area contributed by atoms with E-state index in [1.54, 1.807) is 24.3 Å². The number of rotatable bonds is 8. The molecule has 0 unspecified atom stereocenters. The molecule has 2 aliphatic heterocycles. The molecule has 2 aromatic rings. The zero-order valence-corrected chi connectivity index (χ0v) is 26.6. The van der Waals surface area contributed by atoms with Crippen LogP contribution < -0.4 is 0 Å². The molecule has 45 heavy (non-hydrogen) atoms. The van der Waals surface area contributed by atoms with E-state index in [1.165, 1.54) is 62.6 Å². The Hall–Kier alpha value is -3.90. The summed E-state index contributed by atoms with van der Waals surface area (Å²) in [5.74, 6) is -3.89. The predicted molar refractivity (Wildman–Crippen MR) is 163 cm³/mol. The summed E-state index contributed by atoms with van der Waals surface area (Å²) in [5.41, 5.74) is 0.931. The zero-order chi connectivity index (χ0) is 32.3. The zero-order valence-electron chi connectivity index (χ0n) is 25.0. The van der Waals surface area contributed by atoms with Crippen molar-refractivity contribution in [3.63, 3.8) is 0 Å². The highest BCUT2D eigenvalue weighted by Crippen LogP contribution is 2.50. The Morgan fingerprint density at radius 2 is 0.911 bits per heavy atom. The molecule has 2 saturated heterocycles. The van der Waals surface area contributed by atoms with Crippen LogP contribution in [0.4, 0.5) is 0 Å². The molecule has 2 heterocycles. The average Bonchev–Trinajstić information content (AvgIpc) is 3.39. The first kappa shape index (κ1) is 31.1. The van der Waals surface area contributed by atoms with Crippen molar-refractivity contribution in [3.05, 3.63) is 84.0 Å². The third kappa shape index (κ3) is 4.80.